The second kappa shape index (κ2) is 2.48. The molecule has 3 heteroatoms. The molecule has 0 N–H and O–H groups in total. The Balaban J connectivity index is 2.17. The van der Waals surface area contributed by atoms with E-state index in [1.807, 2.05) is 11.0 Å². The lowest BCUT2D eigenvalue weighted by Crippen LogP contribution is -2.54. The smallest absolute Gasteiger partial charge is 0.234 e. The zero-order chi connectivity index (χ0) is 7.73. The summed E-state index contributed by atoms with van der Waals surface area (Å²) < 4.78 is 7.35. The SMILES string of the molecule is CO[N+]1=CCOCC12CCC2. The van der Waals surface area contributed by atoms with Crippen molar-refractivity contribution in [1.29, 1.82) is 0 Å². The highest BCUT2D eigenvalue weighted by molar-refractivity contribution is 5.53. The lowest BCUT2D eigenvalue weighted by atomic mass is 9.77. The van der Waals surface area contributed by atoms with Gasteiger partial charge in [-0.25, -0.2) is 0 Å². The Kier molecular flexibility index (Phi) is 1.60. The van der Waals surface area contributed by atoms with E-state index < -0.39 is 0 Å². The summed E-state index contributed by atoms with van der Waals surface area (Å²) in [5, 5.41) is 0. The molecular formula is C8H14NO2+. The van der Waals surface area contributed by atoms with Gasteiger partial charge in [0.05, 0.1) is 0 Å². The summed E-state index contributed by atoms with van der Waals surface area (Å²) in [7, 11) is 1.72. The van der Waals surface area contributed by atoms with Crippen LogP contribution in [0.3, 0.4) is 0 Å². The van der Waals surface area contributed by atoms with Crippen LogP contribution in [0, 0.1) is 0 Å². The first kappa shape index (κ1) is 7.10. The van der Waals surface area contributed by atoms with Crippen molar-refractivity contribution in [3.63, 3.8) is 0 Å². The summed E-state index contributed by atoms with van der Waals surface area (Å²) >= 11 is 0. The third kappa shape index (κ3) is 0.948. The minimum atomic E-state index is 0.201. The maximum Gasteiger partial charge on any atom is 0.234 e. The van der Waals surface area contributed by atoms with Gasteiger partial charge in [-0.05, 0) is 11.2 Å². The fourth-order valence-corrected chi connectivity index (χ4v) is 1.84. The van der Waals surface area contributed by atoms with Crippen LogP contribution >= 0.6 is 0 Å². The number of ether oxygens (including phenoxy) is 1. The van der Waals surface area contributed by atoms with Crippen LogP contribution in [0.5, 0.6) is 0 Å². The molecule has 1 heterocycles. The van der Waals surface area contributed by atoms with Crippen molar-refractivity contribution in [2.24, 2.45) is 0 Å². The Morgan fingerprint density at radius 2 is 2.36 bits per heavy atom. The van der Waals surface area contributed by atoms with E-state index in [-0.39, 0.29) is 5.54 Å². The van der Waals surface area contributed by atoms with Crippen molar-refractivity contribution < 1.29 is 14.3 Å². The quantitative estimate of drug-likeness (QED) is 0.518. The third-order valence-electron chi connectivity index (χ3n) is 2.68. The van der Waals surface area contributed by atoms with Crippen LogP contribution in [-0.4, -0.2) is 36.8 Å². The number of hydrogen-bond acceptors (Lipinski definition) is 2. The largest absolute Gasteiger partial charge is 0.364 e. The lowest BCUT2D eigenvalue weighted by molar-refractivity contribution is -0.841. The van der Waals surface area contributed by atoms with Crippen LogP contribution in [0.1, 0.15) is 19.3 Å². The molecule has 1 saturated carbocycles. The van der Waals surface area contributed by atoms with E-state index in [1.54, 1.807) is 7.11 Å². The molecule has 0 amide bonds. The molecule has 0 aromatic rings. The van der Waals surface area contributed by atoms with Gasteiger partial charge in [-0.1, -0.05) is 0 Å². The molecule has 1 aliphatic carbocycles. The van der Waals surface area contributed by atoms with Gasteiger partial charge < -0.3 is 4.74 Å². The van der Waals surface area contributed by atoms with Crippen LogP contribution < -0.4 is 0 Å². The van der Waals surface area contributed by atoms with E-state index in [0.717, 1.165) is 6.61 Å². The van der Waals surface area contributed by atoms with E-state index in [0.29, 0.717) is 6.61 Å². The Morgan fingerprint density at radius 3 is 2.82 bits per heavy atom. The van der Waals surface area contributed by atoms with Crippen molar-refractivity contribution >= 4 is 6.21 Å². The zero-order valence-corrected chi connectivity index (χ0v) is 6.88. The second-order valence-electron chi connectivity index (χ2n) is 3.28. The fourth-order valence-electron chi connectivity index (χ4n) is 1.84. The van der Waals surface area contributed by atoms with Gasteiger partial charge in [0.1, 0.15) is 20.3 Å². The van der Waals surface area contributed by atoms with Crippen LogP contribution in [0.4, 0.5) is 0 Å². The summed E-state index contributed by atoms with van der Waals surface area (Å²) in [6, 6.07) is 0. The molecule has 0 saturated heterocycles. The number of rotatable bonds is 1. The Labute approximate surface area is 66.6 Å². The molecule has 0 aromatic heterocycles. The van der Waals surface area contributed by atoms with E-state index >= 15 is 0 Å². The molecule has 2 rings (SSSR count). The van der Waals surface area contributed by atoms with Crippen molar-refractivity contribution in [3.05, 3.63) is 0 Å². The first-order chi connectivity index (χ1) is 5.37. The maximum absolute atomic E-state index is 5.38. The molecule has 0 bridgehead atoms. The Hall–Kier alpha value is -0.570. The first-order valence-electron chi connectivity index (χ1n) is 4.12. The summed E-state index contributed by atoms with van der Waals surface area (Å²) in [6.45, 7) is 1.52. The molecule has 1 spiro atoms. The molecule has 2 aliphatic rings. The predicted molar refractivity (Wildman–Crippen MR) is 40.7 cm³/mol. The minimum absolute atomic E-state index is 0.201. The highest BCUT2D eigenvalue weighted by Gasteiger charge is 2.51. The van der Waals surface area contributed by atoms with Gasteiger partial charge in [0.2, 0.25) is 11.8 Å². The Morgan fingerprint density at radius 1 is 1.55 bits per heavy atom. The zero-order valence-electron chi connectivity index (χ0n) is 6.88. The summed E-state index contributed by atoms with van der Waals surface area (Å²) in [6.07, 6.45) is 5.70. The second-order valence-corrected chi connectivity index (χ2v) is 3.28. The molecule has 1 fully saturated rings. The highest BCUT2D eigenvalue weighted by Crippen LogP contribution is 2.36. The van der Waals surface area contributed by atoms with Gasteiger partial charge >= 0.3 is 0 Å². The van der Waals surface area contributed by atoms with Crippen LogP contribution in [0.2, 0.25) is 0 Å². The molecule has 3 nitrogen and oxygen atoms in total. The minimum Gasteiger partial charge on any atom is -0.364 e. The van der Waals surface area contributed by atoms with Gasteiger partial charge in [0.15, 0.2) is 0 Å². The first-order valence-corrected chi connectivity index (χ1v) is 4.12. The molecule has 1 aliphatic heterocycles. The predicted octanol–water partition coefficient (Wildman–Crippen LogP) is 0.584. The highest BCUT2D eigenvalue weighted by atomic mass is 16.7. The topological polar surface area (TPSA) is 21.5 Å². The van der Waals surface area contributed by atoms with Crippen LogP contribution in [0.25, 0.3) is 0 Å². The summed E-state index contributed by atoms with van der Waals surface area (Å²) in [5.74, 6) is 0. The molecule has 0 aromatic carbocycles. The van der Waals surface area contributed by atoms with E-state index in [9.17, 15) is 0 Å². The van der Waals surface area contributed by atoms with Gasteiger partial charge in [0, 0.05) is 12.8 Å². The average molecular weight is 156 g/mol. The van der Waals surface area contributed by atoms with Crippen LogP contribution in [0.15, 0.2) is 0 Å². The molecule has 0 atom stereocenters. The summed E-state index contributed by atoms with van der Waals surface area (Å²) in [4.78, 5) is 5.25. The third-order valence-corrected chi connectivity index (χ3v) is 2.68. The maximum atomic E-state index is 5.38. The van der Waals surface area contributed by atoms with E-state index in [1.165, 1.54) is 19.3 Å². The van der Waals surface area contributed by atoms with E-state index in [4.69, 9.17) is 9.57 Å². The van der Waals surface area contributed by atoms with Crippen molar-refractivity contribution in [1.82, 2.24) is 0 Å². The molecular weight excluding hydrogens is 142 g/mol. The molecule has 11 heavy (non-hydrogen) atoms. The van der Waals surface area contributed by atoms with Crippen molar-refractivity contribution in [2.45, 2.75) is 24.8 Å². The molecule has 62 valence electrons. The number of nitrogens with zero attached hydrogens (tertiary/aromatic N) is 1. The summed E-state index contributed by atoms with van der Waals surface area (Å²) in [5.41, 5.74) is 0.201. The number of hydroxylamine groups is 1. The van der Waals surface area contributed by atoms with E-state index in [2.05, 4.69) is 0 Å². The fraction of sp³-hybridized carbons (Fsp3) is 0.875. The standard InChI is InChI=1S/C8H14NO2/c1-10-9-5-6-11-7-8(9)3-2-4-8/h5H,2-4,6-7H2,1H3/q+1. The molecule has 0 radical (unpaired) electrons. The average Bonchev–Trinajstić information content (AvgIpc) is 2.01. The number of hydrogen-bond donors (Lipinski definition) is 0. The van der Waals surface area contributed by atoms with Gasteiger partial charge in [-0.15, -0.1) is 0 Å². The van der Waals surface area contributed by atoms with Crippen LogP contribution in [-0.2, 0) is 9.57 Å². The van der Waals surface area contributed by atoms with Crippen molar-refractivity contribution in [3.8, 4) is 0 Å². The Bertz CT molecular complexity index is 185. The van der Waals surface area contributed by atoms with Gasteiger partial charge in [-0.3, -0.25) is 4.84 Å². The van der Waals surface area contributed by atoms with Gasteiger partial charge in [0.25, 0.3) is 0 Å². The lowest BCUT2D eigenvalue weighted by Gasteiger charge is -2.36. The molecule has 0 unspecified atom stereocenters. The normalized spacial score (nSPS) is 27.5. The monoisotopic (exact) mass is 156 g/mol. The van der Waals surface area contributed by atoms with Crippen molar-refractivity contribution in [2.75, 3.05) is 20.3 Å². The van der Waals surface area contributed by atoms with Gasteiger partial charge in [-0.2, -0.15) is 0 Å².